The molecule has 1 atom stereocenters. The highest BCUT2D eigenvalue weighted by Gasteiger charge is 2.06. The van der Waals surface area contributed by atoms with Crippen LogP contribution in [0, 0.1) is 0 Å². The summed E-state index contributed by atoms with van der Waals surface area (Å²) in [6.45, 7) is 11.2. The molecule has 0 amide bonds. The van der Waals surface area contributed by atoms with E-state index < -0.39 is 0 Å². The second-order valence-electron chi connectivity index (χ2n) is 3.97. The number of nitrogens with zero attached hydrogens (tertiary/aromatic N) is 2. The zero-order valence-electron chi connectivity index (χ0n) is 10.6. The topological polar surface area (TPSA) is 28.2 Å². The fraction of sp³-hybridized carbons (Fsp3) is 0.750. The minimum absolute atomic E-state index is 0.378. The molecule has 1 aromatic rings. The van der Waals surface area contributed by atoms with Crippen LogP contribution in [-0.4, -0.2) is 36.1 Å². The number of hydrogen-bond donors (Lipinski definition) is 1. The summed E-state index contributed by atoms with van der Waals surface area (Å²) in [5.74, 6) is 0. The van der Waals surface area contributed by atoms with Gasteiger partial charge in [0, 0.05) is 11.4 Å². The molecule has 0 radical (unpaired) electrons. The summed E-state index contributed by atoms with van der Waals surface area (Å²) < 4.78 is 0. The van der Waals surface area contributed by atoms with E-state index in [0.29, 0.717) is 6.04 Å². The van der Waals surface area contributed by atoms with Crippen molar-refractivity contribution in [3.8, 4) is 0 Å². The van der Waals surface area contributed by atoms with Crippen LogP contribution in [0.3, 0.4) is 0 Å². The van der Waals surface area contributed by atoms with Gasteiger partial charge in [0.25, 0.3) is 0 Å². The molecule has 4 heteroatoms. The molecule has 1 unspecified atom stereocenters. The maximum absolute atomic E-state index is 4.31. The Kier molecular flexibility index (Phi) is 6.61. The molecule has 0 aliphatic rings. The Hall–Kier alpha value is -0.450. The lowest BCUT2D eigenvalue weighted by Gasteiger charge is -2.18. The van der Waals surface area contributed by atoms with Gasteiger partial charge in [0.15, 0.2) is 0 Å². The second-order valence-corrected chi connectivity index (χ2v) is 4.69. The van der Waals surface area contributed by atoms with Gasteiger partial charge >= 0.3 is 0 Å². The average molecular weight is 241 g/mol. The smallest absolute Gasteiger partial charge is 0.0795 e. The van der Waals surface area contributed by atoms with Crippen molar-refractivity contribution < 1.29 is 0 Å². The molecule has 0 aromatic carbocycles. The van der Waals surface area contributed by atoms with Gasteiger partial charge in [0.1, 0.15) is 0 Å². The lowest BCUT2D eigenvalue weighted by atomic mass is 10.2. The first-order valence-electron chi connectivity index (χ1n) is 6.11. The van der Waals surface area contributed by atoms with E-state index in [2.05, 4.69) is 41.4 Å². The van der Waals surface area contributed by atoms with Gasteiger partial charge in [-0.05, 0) is 39.5 Å². The van der Waals surface area contributed by atoms with E-state index in [4.69, 9.17) is 0 Å². The molecule has 0 bridgehead atoms. The molecule has 16 heavy (non-hydrogen) atoms. The summed E-state index contributed by atoms with van der Waals surface area (Å²) in [7, 11) is 0. The number of aromatic nitrogens is 1. The molecular formula is C12H23N3S. The first-order chi connectivity index (χ1) is 7.77. The van der Waals surface area contributed by atoms with Crippen molar-refractivity contribution in [1.82, 2.24) is 15.2 Å². The van der Waals surface area contributed by atoms with Crippen LogP contribution in [0.15, 0.2) is 10.9 Å². The van der Waals surface area contributed by atoms with Gasteiger partial charge in [-0.2, -0.15) is 0 Å². The van der Waals surface area contributed by atoms with Crippen LogP contribution in [0.25, 0.3) is 0 Å². The molecule has 1 aromatic heterocycles. The molecule has 0 saturated heterocycles. The summed E-state index contributed by atoms with van der Waals surface area (Å²) in [6.07, 6.45) is 1.20. The van der Waals surface area contributed by atoms with E-state index in [1.54, 1.807) is 11.3 Å². The zero-order valence-corrected chi connectivity index (χ0v) is 11.4. The predicted molar refractivity (Wildman–Crippen MR) is 70.9 cm³/mol. The van der Waals surface area contributed by atoms with E-state index in [9.17, 15) is 0 Å². The lowest BCUT2D eigenvalue weighted by Crippen LogP contribution is -2.28. The molecule has 0 aliphatic carbocycles. The minimum atomic E-state index is 0.378. The second kappa shape index (κ2) is 7.76. The van der Waals surface area contributed by atoms with E-state index in [-0.39, 0.29) is 0 Å². The Morgan fingerprint density at radius 1 is 1.44 bits per heavy atom. The van der Waals surface area contributed by atoms with Gasteiger partial charge in [-0.15, -0.1) is 11.3 Å². The number of nitrogens with one attached hydrogen (secondary N) is 1. The van der Waals surface area contributed by atoms with Crippen molar-refractivity contribution in [2.75, 3.05) is 26.2 Å². The largest absolute Gasteiger partial charge is 0.309 e. The first kappa shape index (κ1) is 13.6. The molecule has 1 heterocycles. The molecule has 0 saturated carbocycles. The summed E-state index contributed by atoms with van der Waals surface area (Å²) in [6, 6.07) is 0.378. The van der Waals surface area contributed by atoms with Crippen molar-refractivity contribution in [2.24, 2.45) is 0 Å². The maximum Gasteiger partial charge on any atom is 0.0795 e. The van der Waals surface area contributed by atoms with Crippen LogP contribution in [0.1, 0.15) is 38.9 Å². The third kappa shape index (κ3) is 4.60. The maximum atomic E-state index is 4.31. The number of hydrogen-bond acceptors (Lipinski definition) is 4. The molecule has 0 aliphatic heterocycles. The van der Waals surface area contributed by atoms with Gasteiger partial charge in [0.05, 0.1) is 11.2 Å². The summed E-state index contributed by atoms with van der Waals surface area (Å²) in [5, 5.41) is 5.62. The third-order valence-corrected chi connectivity index (χ3v) is 3.50. The highest BCUT2D eigenvalue weighted by atomic mass is 32.1. The molecule has 0 fully saturated rings. The highest BCUT2D eigenvalue weighted by molar-refractivity contribution is 7.07. The summed E-state index contributed by atoms with van der Waals surface area (Å²) in [5.41, 5.74) is 3.05. The molecule has 0 spiro atoms. The van der Waals surface area contributed by atoms with Crippen LogP contribution in [0.4, 0.5) is 0 Å². The monoisotopic (exact) mass is 241 g/mol. The van der Waals surface area contributed by atoms with Gasteiger partial charge in [-0.3, -0.25) is 0 Å². The van der Waals surface area contributed by atoms with Crippen LogP contribution < -0.4 is 5.32 Å². The molecular weight excluding hydrogens is 218 g/mol. The van der Waals surface area contributed by atoms with Crippen molar-refractivity contribution in [3.05, 3.63) is 16.6 Å². The van der Waals surface area contributed by atoms with Crippen LogP contribution in [0.2, 0.25) is 0 Å². The molecule has 1 N–H and O–H groups in total. The minimum Gasteiger partial charge on any atom is -0.309 e. The molecule has 3 nitrogen and oxygen atoms in total. The van der Waals surface area contributed by atoms with Crippen LogP contribution >= 0.6 is 11.3 Å². The fourth-order valence-corrected chi connectivity index (χ4v) is 2.35. The predicted octanol–water partition coefficient (Wildman–Crippen LogP) is 2.53. The quantitative estimate of drug-likeness (QED) is 0.709. The van der Waals surface area contributed by atoms with Gasteiger partial charge in [-0.25, -0.2) is 4.98 Å². The number of rotatable bonds is 8. The normalized spacial score (nSPS) is 13.2. The highest BCUT2D eigenvalue weighted by Crippen LogP contribution is 2.11. The van der Waals surface area contributed by atoms with E-state index >= 15 is 0 Å². The van der Waals surface area contributed by atoms with Crippen molar-refractivity contribution in [2.45, 2.75) is 33.2 Å². The van der Waals surface area contributed by atoms with Gasteiger partial charge in [-0.1, -0.05) is 13.8 Å². The Labute approximate surface area is 103 Å². The Balaban J connectivity index is 2.11. The number of thiazole rings is 1. The van der Waals surface area contributed by atoms with E-state index in [1.807, 2.05) is 5.51 Å². The average Bonchev–Trinajstić information content (AvgIpc) is 2.82. The fourth-order valence-electron chi connectivity index (χ4n) is 1.70. The van der Waals surface area contributed by atoms with Gasteiger partial charge in [0.2, 0.25) is 0 Å². The summed E-state index contributed by atoms with van der Waals surface area (Å²) >= 11 is 1.66. The molecule has 1 rings (SSSR count). The summed E-state index contributed by atoms with van der Waals surface area (Å²) in [4.78, 5) is 6.76. The first-order valence-corrected chi connectivity index (χ1v) is 7.06. The van der Waals surface area contributed by atoms with Crippen molar-refractivity contribution in [3.63, 3.8) is 0 Å². The standard InChI is InChI=1S/C12H23N3S/c1-4-15(5-2)8-6-7-13-11(3)12-9-16-10-14-12/h9-11,13H,4-8H2,1-3H3. The molecule has 92 valence electrons. The zero-order chi connectivity index (χ0) is 11.8. The van der Waals surface area contributed by atoms with Crippen molar-refractivity contribution >= 4 is 11.3 Å². The SMILES string of the molecule is CCN(CC)CCCNC(C)c1cscn1. The van der Waals surface area contributed by atoms with Crippen LogP contribution in [0.5, 0.6) is 0 Å². The Bertz CT molecular complexity index is 257. The van der Waals surface area contributed by atoms with E-state index in [1.165, 1.54) is 13.0 Å². The Morgan fingerprint density at radius 3 is 2.75 bits per heavy atom. The Morgan fingerprint density at radius 2 is 2.19 bits per heavy atom. The van der Waals surface area contributed by atoms with Crippen LogP contribution in [-0.2, 0) is 0 Å². The third-order valence-electron chi connectivity index (χ3n) is 2.89. The van der Waals surface area contributed by atoms with Crippen molar-refractivity contribution in [1.29, 1.82) is 0 Å². The van der Waals surface area contributed by atoms with Gasteiger partial charge < -0.3 is 10.2 Å². The van der Waals surface area contributed by atoms with E-state index in [0.717, 1.165) is 25.3 Å². The lowest BCUT2D eigenvalue weighted by molar-refractivity contribution is 0.296.